The molecule has 2 fully saturated rings. The van der Waals surface area contributed by atoms with E-state index >= 15 is 0 Å². The molecular weight excluding hydrogens is 377 g/mol. The van der Waals surface area contributed by atoms with Crippen molar-refractivity contribution in [3.63, 3.8) is 0 Å². The van der Waals surface area contributed by atoms with Gasteiger partial charge < -0.3 is 5.73 Å². The molecule has 0 aromatic rings. The summed E-state index contributed by atoms with van der Waals surface area (Å²) < 4.78 is 10.9. The van der Waals surface area contributed by atoms with Gasteiger partial charge in [0.25, 0.3) is 0 Å². The van der Waals surface area contributed by atoms with Crippen molar-refractivity contribution in [3.8, 4) is 5.75 Å². The van der Waals surface area contributed by atoms with Crippen molar-refractivity contribution in [3.05, 3.63) is 0 Å². The van der Waals surface area contributed by atoms with Gasteiger partial charge in [0.05, 0.1) is 0 Å². The van der Waals surface area contributed by atoms with Gasteiger partial charge in [-0.3, -0.25) is 0 Å². The number of nitrogens with two attached hydrogens (primary N) is 1. The molecular formula is C19H36N5O3P. The number of carbonyl (C=O) groups is 1. The van der Waals surface area contributed by atoms with Gasteiger partial charge in [-0.25, -0.2) is 0 Å². The van der Waals surface area contributed by atoms with E-state index in [-0.39, 0.29) is 7.92 Å². The predicted molar refractivity (Wildman–Crippen MR) is 111 cm³/mol. The Hall–Kier alpha value is -0.720. The molecule has 2 saturated heterocycles. The van der Waals surface area contributed by atoms with E-state index in [2.05, 4.69) is 20.5 Å². The maximum atomic E-state index is 11.9. The van der Waals surface area contributed by atoms with Crippen molar-refractivity contribution in [2.75, 3.05) is 72.0 Å². The summed E-state index contributed by atoms with van der Waals surface area (Å²) in [5.74, 6) is 2.19. The number of hydrogen-bond acceptors (Lipinski definition) is 7. The maximum absolute atomic E-state index is 11.9. The first-order valence-electron chi connectivity index (χ1n) is 10.6. The second kappa shape index (κ2) is 13.5. The first-order valence-corrected chi connectivity index (χ1v) is 11.4. The van der Waals surface area contributed by atoms with Crippen LogP contribution in [0.15, 0.2) is 0 Å². The minimum atomic E-state index is -0.711. The van der Waals surface area contributed by atoms with Crippen molar-refractivity contribution in [2.24, 2.45) is 5.73 Å². The summed E-state index contributed by atoms with van der Waals surface area (Å²) in [7, 11) is -0.0486. The Bertz CT molecular complexity index is 573. The van der Waals surface area contributed by atoms with Crippen LogP contribution < -0.4 is 5.73 Å². The predicted octanol–water partition coefficient (Wildman–Crippen LogP) is 0.792. The monoisotopic (exact) mass is 413 g/mol. The minimum absolute atomic E-state index is 0.0486. The van der Waals surface area contributed by atoms with Crippen LogP contribution in [0.2, 0.25) is 0 Å². The first kappa shape index (κ1) is 23.6. The van der Waals surface area contributed by atoms with Crippen LogP contribution in [0, 0.1) is 5.75 Å². The van der Waals surface area contributed by atoms with Crippen molar-refractivity contribution in [1.82, 2.24) is 19.6 Å². The standard InChI is InChI=1S/C19H36N5O3P/c20-6-2-1-5-18(19(25)26)24-10-4-8-21-11-12-22(15-16-24)7-3-9-23(14-13-21)17-28-27/h18H,1-16,20H2,(H,25,26). The number of aliphatic carboxylic acids is 1. The van der Waals surface area contributed by atoms with E-state index in [1.165, 1.54) is 0 Å². The molecule has 28 heavy (non-hydrogen) atoms. The van der Waals surface area contributed by atoms with Gasteiger partial charge >= 0.3 is 151 Å². The number of carboxylic acid groups (broad SMARTS) is 1. The molecule has 0 aromatic heterocycles. The van der Waals surface area contributed by atoms with Gasteiger partial charge in [0.15, 0.2) is 0 Å². The molecule has 3 unspecified atom stereocenters. The number of fused-ring (bicyclic) bond motifs is 3. The Morgan fingerprint density at radius 2 is 1.57 bits per heavy atom. The Balaban J connectivity index is 2.03. The topological polar surface area (TPSA) is 93.3 Å². The van der Waals surface area contributed by atoms with E-state index in [0.717, 1.165) is 91.1 Å². The third-order valence-corrected chi connectivity index (χ3v) is 6.15. The fourth-order valence-corrected chi connectivity index (χ4v) is 4.42. The number of nitrogens with zero attached hydrogens (tertiary/aromatic N) is 4. The molecule has 0 amide bonds. The summed E-state index contributed by atoms with van der Waals surface area (Å²) in [6, 6.07) is -0.412. The number of carboxylic acids is 1. The molecule has 2 bridgehead atoms. The quantitative estimate of drug-likeness (QED) is 0.488. The average molecular weight is 414 g/mol. The summed E-state index contributed by atoms with van der Waals surface area (Å²) >= 11 is 0. The van der Waals surface area contributed by atoms with Crippen molar-refractivity contribution >= 4 is 13.9 Å². The van der Waals surface area contributed by atoms with E-state index in [1.807, 2.05) is 4.90 Å². The summed E-state index contributed by atoms with van der Waals surface area (Å²) in [6.45, 7) is 9.72. The van der Waals surface area contributed by atoms with Crippen LogP contribution in [-0.2, 0) is 9.36 Å². The molecule has 0 aromatic carbocycles. The summed E-state index contributed by atoms with van der Waals surface area (Å²) in [5.41, 5.74) is 5.58. The van der Waals surface area contributed by atoms with E-state index in [4.69, 9.17) is 5.73 Å². The van der Waals surface area contributed by atoms with Crippen molar-refractivity contribution in [1.29, 1.82) is 0 Å². The van der Waals surface area contributed by atoms with Gasteiger partial charge in [-0.15, -0.1) is 0 Å². The van der Waals surface area contributed by atoms with Crippen LogP contribution in [0.5, 0.6) is 0 Å². The molecule has 0 radical (unpaired) electrons. The van der Waals surface area contributed by atoms with Gasteiger partial charge in [-0.1, -0.05) is 0 Å². The van der Waals surface area contributed by atoms with Crippen LogP contribution in [0.25, 0.3) is 0 Å². The van der Waals surface area contributed by atoms with Crippen LogP contribution in [0.3, 0.4) is 0 Å². The van der Waals surface area contributed by atoms with Crippen LogP contribution in [0.1, 0.15) is 32.1 Å². The fraction of sp³-hybridized carbons (Fsp3) is 0.895. The fourth-order valence-electron chi connectivity index (χ4n) is 4.11. The zero-order valence-corrected chi connectivity index (χ0v) is 17.9. The normalized spacial score (nSPS) is 26.9. The zero-order valence-electron chi connectivity index (χ0n) is 17.0. The molecule has 2 aliphatic rings. The average Bonchev–Trinajstić information content (AvgIpc) is 2.68. The molecule has 160 valence electrons. The van der Waals surface area contributed by atoms with Crippen LogP contribution in [0.4, 0.5) is 0 Å². The Morgan fingerprint density at radius 1 is 0.929 bits per heavy atom. The number of rotatable bonds is 6. The Labute approximate surface area is 170 Å². The van der Waals surface area contributed by atoms with E-state index < -0.39 is 12.0 Å². The van der Waals surface area contributed by atoms with Crippen molar-refractivity contribution < 1.29 is 14.5 Å². The molecule has 2 heterocycles. The third-order valence-electron chi connectivity index (χ3n) is 5.78. The Morgan fingerprint density at radius 3 is 2.21 bits per heavy atom. The molecule has 2 rings (SSSR count). The third kappa shape index (κ3) is 8.34. The molecule has 2 aliphatic heterocycles. The van der Waals surface area contributed by atoms with Gasteiger partial charge in [0.1, 0.15) is 0 Å². The first-order chi connectivity index (χ1) is 13.6. The molecule has 0 saturated carbocycles. The van der Waals surface area contributed by atoms with E-state index in [0.29, 0.717) is 13.0 Å². The summed E-state index contributed by atoms with van der Waals surface area (Å²) in [6.07, 6.45) is 4.38. The van der Waals surface area contributed by atoms with E-state index in [1.54, 1.807) is 0 Å². The van der Waals surface area contributed by atoms with Gasteiger partial charge in [-0.2, -0.15) is 0 Å². The zero-order chi connectivity index (χ0) is 20.2. The number of unbranched alkanes of at least 4 members (excludes halogenated alkanes) is 1. The SMILES string of the molecule is NCCCCC(C(=O)O)N1CCCN2CCN(C#P=O)CCCN(CC2)CC1. The van der Waals surface area contributed by atoms with Gasteiger partial charge in [0.2, 0.25) is 0 Å². The summed E-state index contributed by atoms with van der Waals surface area (Å²) in [5, 5.41) is 9.77. The molecule has 3 N–H and O–H groups in total. The molecule has 8 nitrogen and oxygen atoms in total. The molecule has 3 atom stereocenters. The number of hydrogen-bond donors (Lipinski definition) is 2. The van der Waals surface area contributed by atoms with E-state index in [9.17, 15) is 14.5 Å². The van der Waals surface area contributed by atoms with Crippen LogP contribution in [-0.4, -0.2) is 109 Å². The second-order valence-electron chi connectivity index (χ2n) is 7.74. The van der Waals surface area contributed by atoms with Crippen LogP contribution >= 0.6 is 7.92 Å². The molecule has 9 heteroatoms. The van der Waals surface area contributed by atoms with Gasteiger partial charge in [0, 0.05) is 0 Å². The second-order valence-corrected chi connectivity index (χ2v) is 8.13. The molecule has 0 spiro atoms. The Kier molecular flexibility index (Phi) is 11.4. The summed E-state index contributed by atoms with van der Waals surface area (Å²) in [4.78, 5) is 21.0. The van der Waals surface area contributed by atoms with Crippen molar-refractivity contribution in [2.45, 2.75) is 38.1 Å². The molecule has 0 aliphatic carbocycles. The van der Waals surface area contributed by atoms with Gasteiger partial charge in [-0.05, 0) is 13.0 Å².